The number of allylic oxidation sites excluding steroid dienone is 2. The van der Waals surface area contributed by atoms with Gasteiger partial charge in [-0.25, -0.2) is 0 Å². The van der Waals surface area contributed by atoms with Gasteiger partial charge in [-0.1, -0.05) is 19.9 Å². The maximum Gasteiger partial charge on any atom is 0.133 e. The summed E-state index contributed by atoms with van der Waals surface area (Å²) in [6.45, 7) is 7.93. The Bertz CT molecular complexity index is 680. The molecule has 1 heterocycles. The lowest BCUT2D eigenvalue weighted by Crippen LogP contribution is -2.57. The molecule has 1 N–H and O–H groups in total. The van der Waals surface area contributed by atoms with Crippen LogP contribution in [0, 0.1) is 40.4 Å². The van der Waals surface area contributed by atoms with Crippen molar-refractivity contribution in [1.29, 1.82) is 0 Å². The summed E-state index contributed by atoms with van der Waals surface area (Å²) in [6, 6.07) is 0. The Morgan fingerprint density at radius 1 is 1.14 bits per heavy atom. The van der Waals surface area contributed by atoms with Crippen molar-refractivity contribution in [2.24, 2.45) is 40.4 Å². The number of hydrogen-bond acceptors (Lipinski definition) is 3. The average Bonchev–Trinajstić information content (AvgIpc) is 3.07. The van der Waals surface area contributed by atoms with E-state index in [0.717, 1.165) is 43.4 Å². The monoisotopic (exact) mass is 399 g/mol. The van der Waals surface area contributed by atoms with Gasteiger partial charge in [0.15, 0.2) is 0 Å². The molecule has 0 bridgehead atoms. The van der Waals surface area contributed by atoms with Crippen LogP contribution in [0.4, 0.5) is 0 Å². The van der Waals surface area contributed by atoms with E-state index in [1.807, 2.05) is 0 Å². The summed E-state index contributed by atoms with van der Waals surface area (Å²) in [5.74, 6) is 3.87. The first-order valence-electron chi connectivity index (χ1n) is 12.6. The maximum atomic E-state index is 12.3. The molecule has 4 fully saturated rings. The van der Waals surface area contributed by atoms with Gasteiger partial charge in [0.2, 0.25) is 0 Å². The predicted molar refractivity (Wildman–Crippen MR) is 116 cm³/mol. The Labute approximate surface area is 177 Å². The fourth-order valence-corrected chi connectivity index (χ4v) is 8.86. The zero-order valence-electron chi connectivity index (χ0n) is 18.7. The molecule has 5 rings (SSSR count). The molecule has 29 heavy (non-hydrogen) atoms. The van der Waals surface area contributed by atoms with Gasteiger partial charge in [-0.2, -0.15) is 0 Å². The van der Waals surface area contributed by atoms with Gasteiger partial charge in [0.05, 0.1) is 0 Å². The van der Waals surface area contributed by atoms with Crippen LogP contribution >= 0.6 is 0 Å². The highest BCUT2D eigenvalue weighted by molar-refractivity contribution is 5.79. The molecule has 5 aliphatic rings. The summed E-state index contributed by atoms with van der Waals surface area (Å²) in [5, 5.41) is 9.89. The normalized spacial score (nSPS) is 47.3. The molecule has 3 saturated carbocycles. The van der Waals surface area contributed by atoms with E-state index in [0.29, 0.717) is 35.1 Å². The second-order valence-corrected chi connectivity index (χ2v) is 11.6. The molecule has 1 aliphatic heterocycles. The van der Waals surface area contributed by atoms with Gasteiger partial charge < -0.3 is 10.0 Å². The second-order valence-electron chi connectivity index (χ2n) is 11.6. The Balaban J connectivity index is 1.45. The first kappa shape index (κ1) is 20.1. The van der Waals surface area contributed by atoms with Gasteiger partial charge in [0.1, 0.15) is 5.78 Å². The Kier molecular flexibility index (Phi) is 5.12. The van der Waals surface area contributed by atoms with Crippen molar-refractivity contribution < 1.29 is 9.90 Å². The van der Waals surface area contributed by atoms with Crippen LogP contribution < -0.4 is 0 Å². The standard InChI is InChI=1S/C26H41NO2/c1-25-11-8-20(29)17-19(25)16-18(10-15-28)24-21-6-7-23(27-13-4-3-5-14-27)26(21,2)12-9-22(24)25/h7,18-19,21-22,24,28H,3-6,8-17H2,1-2H3/t18-,19?,21+,22+,24+,25+,26+/m1/s1. The first-order valence-corrected chi connectivity index (χ1v) is 12.6. The highest BCUT2D eigenvalue weighted by atomic mass is 16.3. The van der Waals surface area contributed by atoms with Crippen LogP contribution in [-0.2, 0) is 4.79 Å². The van der Waals surface area contributed by atoms with Crippen LogP contribution in [0.2, 0.25) is 0 Å². The first-order chi connectivity index (χ1) is 14.0. The van der Waals surface area contributed by atoms with Gasteiger partial charge in [-0.15, -0.1) is 0 Å². The molecule has 3 heteroatoms. The van der Waals surface area contributed by atoms with Crippen molar-refractivity contribution in [2.75, 3.05) is 19.7 Å². The third-order valence-corrected chi connectivity index (χ3v) is 10.4. The van der Waals surface area contributed by atoms with Crippen molar-refractivity contribution in [2.45, 2.75) is 84.5 Å². The van der Waals surface area contributed by atoms with Crippen LogP contribution in [0.15, 0.2) is 11.8 Å². The number of aliphatic hydroxyl groups is 1. The third-order valence-electron chi connectivity index (χ3n) is 10.4. The fourth-order valence-electron chi connectivity index (χ4n) is 8.86. The summed E-state index contributed by atoms with van der Waals surface area (Å²) in [4.78, 5) is 15.0. The van der Waals surface area contributed by atoms with Crippen LogP contribution in [0.3, 0.4) is 0 Å². The molecule has 0 spiro atoms. The Hall–Kier alpha value is -0.830. The molecule has 162 valence electrons. The van der Waals surface area contributed by atoms with Crippen molar-refractivity contribution in [3.05, 3.63) is 11.8 Å². The number of rotatable bonds is 3. The molecule has 3 nitrogen and oxygen atoms in total. The molecule has 0 aromatic heterocycles. The van der Waals surface area contributed by atoms with Crippen molar-refractivity contribution in [3.63, 3.8) is 0 Å². The summed E-state index contributed by atoms with van der Waals surface area (Å²) >= 11 is 0. The number of likely N-dealkylation sites (tertiary alicyclic amines) is 1. The number of hydrogen-bond donors (Lipinski definition) is 1. The maximum absolute atomic E-state index is 12.3. The van der Waals surface area contributed by atoms with Crippen LogP contribution in [0.1, 0.15) is 84.5 Å². The number of ketones is 1. The van der Waals surface area contributed by atoms with E-state index < -0.39 is 0 Å². The zero-order valence-corrected chi connectivity index (χ0v) is 18.7. The molecular formula is C26H41NO2. The zero-order chi connectivity index (χ0) is 20.2. The minimum Gasteiger partial charge on any atom is -0.396 e. The number of Topliss-reactive ketones (excluding diaryl/α,β-unsaturated/α-hetero) is 1. The van der Waals surface area contributed by atoms with Crippen LogP contribution in [0.25, 0.3) is 0 Å². The van der Waals surface area contributed by atoms with E-state index in [9.17, 15) is 9.90 Å². The summed E-state index contributed by atoms with van der Waals surface area (Å²) in [6.07, 6.45) is 15.4. The van der Waals surface area contributed by atoms with Crippen molar-refractivity contribution in [3.8, 4) is 0 Å². The van der Waals surface area contributed by atoms with Gasteiger partial charge >= 0.3 is 0 Å². The minimum absolute atomic E-state index is 0.307. The number of carbonyl (C=O) groups excluding carboxylic acids is 1. The van der Waals surface area contributed by atoms with E-state index in [4.69, 9.17) is 0 Å². The Morgan fingerprint density at radius 3 is 2.69 bits per heavy atom. The summed E-state index contributed by atoms with van der Waals surface area (Å²) < 4.78 is 0. The fraction of sp³-hybridized carbons (Fsp3) is 0.885. The molecule has 1 saturated heterocycles. The van der Waals surface area contributed by atoms with Crippen molar-refractivity contribution in [1.82, 2.24) is 4.90 Å². The third kappa shape index (κ3) is 3.05. The number of aliphatic hydroxyl groups excluding tert-OH is 1. The molecule has 0 aromatic carbocycles. The topological polar surface area (TPSA) is 40.5 Å². The molecule has 0 amide bonds. The lowest BCUT2D eigenvalue weighted by atomic mass is 9.42. The molecule has 0 radical (unpaired) electrons. The van der Waals surface area contributed by atoms with Gasteiger partial charge in [-0.3, -0.25) is 4.79 Å². The van der Waals surface area contributed by atoms with E-state index in [1.54, 1.807) is 5.70 Å². The van der Waals surface area contributed by atoms with Crippen LogP contribution in [0.5, 0.6) is 0 Å². The van der Waals surface area contributed by atoms with Gasteiger partial charge in [-0.05, 0) is 92.8 Å². The van der Waals surface area contributed by atoms with Gasteiger partial charge in [0, 0.05) is 43.7 Å². The quantitative estimate of drug-likeness (QED) is 0.710. The van der Waals surface area contributed by atoms with Crippen LogP contribution in [-0.4, -0.2) is 35.5 Å². The lowest BCUT2D eigenvalue weighted by Gasteiger charge is -2.62. The highest BCUT2D eigenvalue weighted by Gasteiger charge is 2.61. The molecule has 7 atom stereocenters. The summed E-state index contributed by atoms with van der Waals surface area (Å²) in [7, 11) is 0. The average molecular weight is 400 g/mol. The number of fused-ring (bicyclic) bond motifs is 5. The molecule has 4 aliphatic carbocycles. The van der Waals surface area contributed by atoms with E-state index >= 15 is 0 Å². The number of nitrogens with zero attached hydrogens (tertiary/aromatic N) is 1. The minimum atomic E-state index is 0.307. The molecule has 1 unspecified atom stereocenters. The van der Waals surface area contributed by atoms with E-state index in [1.165, 1.54) is 58.0 Å². The van der Waals surface area contributed by atoms with E-state index in [2.05, 4.69) is 24.8 Å². The Morgan fingerprint density at radius 2 is 1.93 bits per heavy atom. The highest BCUT2D eigenvalue weighted by Crippen LogP contribution is 2.68. The predicted octanol–water partition coefficient (Wildman–Crippen LogP) is 5.19. The SMILES string of the molecule is C[C@]12CCC(=O)CC1C[C@@H](CCO)[C@@H]1[C@@H]2CC[C@]2(C)C(N3CCCCC3)=CC[C@@H]12. The van der Waals surface area contributed by atoms with Gasteiger partial charge in [0.25, 0.3) is 0 Å². The summed E-state index contributed by atoms with van der Waals surface area (Å²) in [5.41, 5.74) is 2.36. The number of piperidine rings is 1. The molecule has 0 aromatic rings. The lowest BCUT2D eigenvalue weighted by molar-refractivity contribution is -0.149. The molecular weight excluding hydrogens is 358 g/mol. The van der Waals surface area contributed by atoms with E-state index in [-0.39, 0.29) is 0 Å². The second kappa shape index (κ2) is 7.39. The smallest absolute Gasteiger partial charge is 0.133 e. The largest absolute Gasteiger partial charge is 0.396 e. The van der Waals surface area contributed by atoms with Crippen molar-refractivity contribution >= 4 is 5.78 Å². The number of carbonyl (C=O) groups is 1.